The van der Waals surface area contributed by atoms with Crippen LogP contribution in [0.4, 0.5) is 75.7 Å². The van der Waals surface area contributed by atoms with Crippen molar-refractivity contribution in [3.63, 3.8) is 0 Å². The van der Waals surface area contributed by atoms with Gasteiger partial charge in [-0.1, -0.05) is 93.6 Å². The number of carbonyl (C=O) groups excluding carboxylic acids is 4. The van der Waals surface area contributed by atoms with Crippen molar-refractivity contribution in [3.05, 3.63) is 278 Å². The van der Waals surface area contributed by atoms with E-state index in [2.05, 4.69) is 147 Å². The van der Waals surface area contributed by atoms with Gasteiger partial charge in [-0.2, -0.15) is 28.2 Å². The third-order valence-electron chi connectivity index (χ3n) is 20.3. The van der Waals surface area contributed by atoms with Crippen LogP contribution in [0.5, 0.6) is 0 Å². The van der Waals surface area contributed by atoms with Crippen LogP contribution in [0.15, 0.2) is 270 Å². The summed E-state index contributed by atoms with van der Waals surface area (Å²) >= 11 is 0. The largest absolute Gasteiger partial charge is 0.416 e. The third kappa shape index (κ3) is 40.5. The molecule has 10 aromatic carbocycles. The Labute approximate surface area is 864 Å². The molecule has 14 rings (SSSR count). The molecule has 0 fully saturated rings. The first-order valence-corrected chi connectivity index (χ1v) is 52.2. The van der Waals surface area contributed by atoms with Gasteiger partial charge in [-0.25, -0.2) is 48.6 Å². The highest BCUT2D eigenvalue weighted by Gasteiger charge is 2.32. The average molecular weight is 2120 g/mol. The second-order valence-electron chi connectivity index (χ2n) is 31.1. The van der Waals surface area contributed by atoms with Crippen LogP contribution in [0.25, 0.3) is 45.4 Å². The fraction of sp³-hybridized carbons (Fsp3) is 0.270. The molecule has 1 atom stereocenters. The summed E-state index contributed by atoms with van der Waals surface area (Å²) < 4.78 is 132. The minimum absolute atomic E-state index is 0.0262. The number of sulfonamides is 3. The fourth-order valence-corrected chi connectivity index (χ4v) is 16.8. The second kappa shape index (κ2) is 61.3. The van der Waals surface area contributed by atoms with E-state index in [1.165, 1.54) is 36.2 Å². The Morgan fingerprint density at radius 3 is 1.20 bits per heavy atom. The van der Waals surface area contributed by atoms with Crippen LogP contribution in [0, 0.1) is 0 Å². The van der Waals surface area contributed by atoms with Gasteiger partial charge in [-0.3, -0.25) is 33.3 Å². The number of rotatable bonds is 30. The van der Waals surface area contributed by atoms with Gasteiger partial charge in [0, 0.05) is 246 Å². The van der Waals surface area contributed by atoms with Crippen molar-refractivity contribution in [2.24, 2.45) is 21.1 Å². The molecule has 0 spiro atoms. The SMILES string of the molecule is C=S(=O)(NCC)c1cccc(NC)c1.CCNS(=O)(=O)c1cccc(NC)c1.CCNS(=O)(=O)c1cccc(NC)c1.CNC(=O)c1cc(NC)cc(C(=O)NC)c1.CNC(=O)c1cc(NC)cc(C(F)(F)F)c1.CNc1cccc(-c2ccn(C)n2)c1.CNc1cccc(-c2ncn[nH]2)c1.CNc1cccc(-c2nncn2C)c1.CNc1cccc(-c2nnn(C)n2)c1.CNc1cccc(N(CC(=O)N(C)C)S(C)(=O)=O)c1. The number of H-pyrrole nitrogens is 1. The summed E-state index contributed by atoms with van der Waals surface area (Å²) in [4.78, 5) is 54.1. The quantitative estimate of drug-likeness (QED) is 0.0186. The molecule has 14 aromatic rings. The summed E-state index contributed by atoms with van der Waals surface area (Å²) in [5, 5.41) is 67.5. The number of aromatic nitrogens is 12. The van der Waals surface area contributed by atoms with Gasteiger partial charge in [0.15, 0.2) is 11.6 Å². The predicted octanol–water partition coefficient (Wildman–Crippen LogP) is 12.6. The Hall–Kier alpha value is -16.0. The highest BCUT2D eigenvalue weighted by Crippen LogP contribution is 2.33. The van der Waals surface area contributed by atoms with Crippen LogP contribution in [-0.2, 0) is 71.9 Å². The first-order chi connectivity index (χ1) is 70.3. The normalized spacial score (nSPS) is 10.9. The highest BCUT2D eigenvalue weighted by atomic mass is 32.2. The Kier molecular flexibility index (Phi) is 50.7. The molecule has 4 aromatic heterocycles. The van der Waals surface area contributed by atoms with Gasteiger partial charge in [0.25, 0.3) is 17.7 Å². The number of aromatic amines is 1. The van der Waals surface area contributed by atoms with Crippen LogP contribution in [0.1, 0.15) is 57.4 Å². The number of nitrogens with one attached hydrogen (secondary N) is 17. The number of hydrogen-bond acceptors (Lipinski definition) is 29. The maximum Gasteiger partial charge on any atom is 0.416 e. The zero-order chi connectivity index (χ0) is 110. The highest BCUT2D eigenvalue weighted by molar-refractivity contribution is 7.98. The van der Waals surface area contributed by atoms with E-state index in [1.807, 2.05) is 200 Å². The van der Waals surface area contributed by atoms with Crippen LogP contribution in [0.2, 0.25) is 0 Å². The average Bonchev–Trinajstić information content (AvgIpc) is 1.32. The molecular weight excluding hydrogens is 1980 g/mol. The summed E-state index contributed by atoms with van der Waals surface area (Å²) in [6.45, 7) is 6.63. The number of benzene rings is 10. The molecule has 0 saturated heterocycles. The Bertz CT molecular complexity index is 6710. The number of anilines is 11. The molecule has 41 nitrogen and oxygen atoms in total. The molecule has 0 aliphatic carbocycles. The van der Waals surface area contributed by atoms with E-state index in [1.54, 1.807) is 161 Å². The number of hydrogen-bond donors (Lipinski definition) is 17. The first kappa shape index (κ1) is 122. The Morgan fingerprint density at radius 2 is 0.811 bits per heavy atom. The van der Waals surface area contributed by atoms with Gasteiger partial charge in [-0.05, 0) is 175 Å². The van der Waals surface area contributed by atoms with Gasteiger partial charge in [0.2, 0.25) is 41.8 Å². The third-order valence-corrected chi connectivity index (χ3v) is 26.3. The monoisotopic (exact) mass is 2120 g/mol. The van der Waals surface area contributed by atoms with E-state index < -0.39 is 57.4 Å². The summed E-state index contributed by atoms with van der Waals surface area (Å²) in [6.07, 6.45) is 1.77. The molecular formula is C100H135F3N30O11S4. The minimum Gasteiger partial charge on any atom is -0.388 e. The lowest BCUT2D eigenvalue weighted by atomic mass is 10.1. The van der Waals surface area contributed by atoms with E-state index >= 15 is 0 Å². The lowest BCUT2D eigenvalue weighted by Gasteiger charge is -2.24. The van der Waals surface area contributed by atoms with Gasteiger partial charge in [0.1, 0.15) is 19.2 Å². The molecule has 4 amide bonds. The van der Waals surface area contributed by atoms with Gasteiger partial charge < -0.3 is 78.6 Å². The summed E-state index contributed by atoms with van der Waals surface area (Å²) in [5.41, 5.74) is 14.2. The van der Waals surface area contributed by atoms with Crippen molar-refractivity contribution in [2.75, 3.05) is 196 Å². The maximum atomic E-state index is 12.5. The molecule has 796 valence electrons. The van der Waals surface area contributed by atoms with Crippen LogP contribution < -0.4 is 87.6 Å². The molecule has 17 N–H and O–H groups in total. The first-order valence-electron chi connectivity index (χ1n) is 45.7. The summed E-state index contributed by atoms with van der Waals surface area (Å²) in [5.74, 6) is 4.73. The molecule has 148 heavy (non-hydrogen) atoms. The summed E-state index contributed by atoms with van der Waals surface area (Å²) in [7, 11) is 18.6. The smallest absolute Gasteiger partial charge is 0.388 e. The van der Waals surface area contributed by atoms with E-state index in [0.717, 1.165) is 118 Å². The molecule has 0 radical (unpaired) electrons. The van der Waals surface area contributed by atoms with Gasteiger partial charge >= 0.3 is 6.18 Å². The van der Waals surface area contributed by atoms with Crippen molar-refractivity contribution >= 4 is 132 Å². The summed E-state index contributed by atoms with van der Waals surface area (Å²) in [6, 6.07) is 69.9. The van der Waals surface area contributed by atoms with Gasteiger partial charge in [-0.15, -0.1) is 20.4 Å². The minimum atomic E-state index is -4.46. The molecule has 1 unspecified atom stereocenters. The van der Waals surface area contributed by atoms with Crippen LogP contribution in [-0.4, -0.2) is 262 Å². The number of carbonyl (C=O) groups is 4. The lowest BCUT2D eigenvalue weighted by molar-refractivity contribution is -0.137. The number of nitrogens with zero attached hydrogens (tertiary/aromatic N) is 13. The van der Waals surface area contributed by atoms with E-state index in [9.17, 15) is 61.8 Å². The second-order valence-corrected chi connectivity index (χ2v) is 38.7. The Morgan fingerprint density at radius 1 is 0.426 bits per heavy atom. The Balaban J connectivity index is 0.000000289. The topological polar surface area (TPSA) is 520 Å². The molecule has 4 heterocycles. The van der Waals surface area contributed by atoms with Crippen molar-refractivity contribution < 1.29 is 61.8 Å². The van der Waals surface area contributed by atoms with Crippen molar-refractivity contribution in [3.8, 4) is 45.4 Å². The molecule has 0 aliphatic rings. The van der Waals surface area contributed by atoms with Gasteiger partial charge in [0.05, 0.1) is 49.7 Å². The zero-order valence-corrected chi connectivity index (χ0v) is 90.1. The standard InChI is InChI=1S/C12H19N3O3S.C11H15N3O2.C11H13N3.C10H11F3N2O.C10H12N4.C10H16N2OS.C9H11N5.C9H10N4.2C9H14N2O2S/c1-13-10-6-5-7-11(8-10)15(19(4,17)18)9-12(16)14(2)3;1-12-9-5-7(10(15)13-2)4-8(6-9)11(16)14-3;1-12-10-5-3-4-9(8-10)11-6-7-14(2)13-11;1-14-8-4-6(9(16)15-2)3-7(5-8)10(11,12)13;1-11-9-5-3-4-8(6-9)10-13-12-7-14(10)2;1-4-12-14(3,13)10-7-5-6-9(8-10)11-2;1-10-8-5-3-4-7(6-8)9-11-13-14(2)12-9;1-10-8-4-2-3-7(5-8)9-11-6-12-13-9;2*1-3-11-14(12,13)9-6-4-5-8(7-9)10-2/h5-8,13H,9H2,1-4H3;4-6,12H,1-3H3,(H,13,15)(H,14,16);3-8,12H,1-2H3;3-5,14H,1-2H3,(H,15,16);3-7,11H,1-2H3;5-8,11H,3-4H2,1-2H3,(H,12,13);3-6,10H,1-2H3;2-6,10H,1H3,(H,11,12,13);2*4-7,10-11H,3H2,1-2H3. The number of tetrazole rings is 1. The van der Waals surface area contributed by atoms with Crippen molar-refractivity contribution in [2.45, 2.75) is 41.6 Å². The maximum absolute atomic E-state index is 12.5. The van der Waals surface area contributed by atoms with E-state index in [0.29, 0.717) is 42.3 Å². The predicted molar refractivity (Wildman–Crippen MR) is 590 cm³/mol. The molecule has 0 aliphatic heterocycles. The van der Waals surface area contributed by atoms with Crippen molar-refractivity contribution in [1.82, 2.24) is 95.0 Å². The number of alkyl halides is 3. The number of halogens is 3. The van der Waals surface area contributed by atoms with Crippen LogP contribution in [0.3, 0.4) is 0 Å². The fourth-order valence-electron chi connectivity index (χ4n) is 12.5. The molecule has 48 heteroatoms. The lowest BCUT2D eigenvalue weighted by Crippen LogP contribution is -2.39. The van der Waals surface area contributed by atoms with E-state index in [4.69, 9.17) is 0 Å². The number of aryl methyl sites for hydroxylation is 3. The van der Waals surface area contributed by atoms with E-state index in [-0.39, 0.29) is 45.3 Å². The van der Waals surface area contributed by atoms with Crippen molar-refractivity contribution in [1.29, 1.82) is 0 Å². The molecule has 0 bridgehead atoms. The number of amides is 4. The number of likely N-dealkylation sites (N-methyl/N-ethyl adjacent to an activating group) is 1. The molecule has 0 saturated carbocycles. The van der Waals surface area contributed by atoms with Crippen LogP contribution >= 0.6 is 0 Å². The zero-order valence-electron chi connectivity index (χ0n) is 86.9.